The molecule has 2 aromatic rings. The number of rotatable bonds is 12. The Morgan fingerprint density at radius 1 is 0.953 bits per heavy atom. The smallest absolute Gasteiger partial charge is 0.253 e. The molecule has 4 rings (SSSR count). The van der Waals surface area contributed by atoms with Gasteiger partial charge in [-0.15, -0.1) is 0 Å². The topological polar surface area (TPSA) is 86.4 Å². The van der Waals surface area contributed by atoms with Gasteiger partial charge in [0.1, 0.15) is 5.75 Å². The third-order valence-corrected chi connectivity index (χ3v) is 8.11. The highest BCUT2D eigenvalue weighted by Crippen LogP contribution is 2.31. The number of nitrogens with one attached hydrogen (secondary N) is 2. The van der Waals surface area contributed by atoms with Crippen molar-refractivity contribution in [2.75, 3.05) is 87.8 Å². The molecular formula is C34H51N5O4. The normalized spacial score (nSPS) is 17.0. The first-order valence-corrected chi connectivity index (χ1v) is 15.8. The van der Waals surface area contributed by atoms with Gasteiger partial charge >= 0.3 is 0 Å². The molecule has 0 aliphatic carbocycles. The van der Waals surface area contributed by atoms with E-state index in [1.807, 2.05) is 36.4 Å². The van der Waals surface area contributed by atoms with Crippen LogP contribution < -0.4 is 25.2 Å². The van der Waals surface area contributed by atoms with Crippen molar-refractivity contribution in [1.82, 2.24) is 10.2 Å². The molecule has 0 bridgehead atoms. The molecule has 9 heteroatoms. The maximum Gasteiger partial charge on any atom is 0.253 e. The van der Waals surface area contributed by atoms with E-state index in [4.69, 9.17) is 9.47 Å². The molecular weight excluding hydrogens is 542 g/mol. The summed E-state index contributed by atoms with van der Waals surface area (Å²) in [5.41, 5.74) is 3.40. The van der Waals surface area contributed by atoms with Gasteiger partial charge in [-0.05, 0) is 61.1 Å². The molecule has 0 radical (unpaired) electrons. The number of piperazine rings is 1. The fourth-order valence-corrected chi connectivity index (χ4v) is 6.22. The van der Waals surface area contributed by atoms with Gasteiger partial charge in [0, 0.05) is 63.6 Å². The SMILES string of the molecule is COc1ccccc1N1CCN(c2ccc(NC(=O)CC(C)CC(C)(C)C)cc2C(=O)NCCCN2CCOCC2)CC1. The number of carbonyl (C=O) groups is 2. The van der Waals surface area contributed by atoms with Gasteiger partial charge in [0.05, 0.1) is 31.6 Å². The van der Waals surface area contributed by atoms with Gasteiger partial charge in [0.2, 0.25) is 5.91 Å². The lowest BCUT2D eigenvalue weighted by atomic mass is 9.84. The predicted octanol–water partition coefficient (Wildman–Crippen LogP) is 4.87. The summed E-state index contributed by atoms with van der Waals surface area (Å²) in [6.45, 7) is 16.8. The number of methoxy groups -OCH3 is 1. The Hall–Kier alpha value is -3.30. The van der Waals surface area contributed by atoms with Crippen molar-refractivity contribution in [3.05, 3.63) is 48.0 Å². The number of anilines is 3. The molecule has 2 saturated heterocycles. The summed E-state index contributed by atoms with van der Waals surface area (Å²) < 4.78 is 11.0. The third-order valence-electron chi connectivity index (χ3n) is 8.11. The number of benzene rings is 2. The van der Waals surface area contributed by atoms with Crippen molar-refractivity contribution in [3.8, 4) is 5.75 Å². The molecule has 0 saturated carbocycles. The zero-order chi connectivity index (χ0) is 30.8. The van der Waals surface area contributed by atoms with E-state index < -0.39 is 0 Å². The monoisotopic (exact) mass is 593 g/mol. The summed E-state index contributed by atoms with van der Waals surface area (Å²) in [6.07, 6.45) is 2.30. The van der Waals surface area contributed by atoms with Crippen LogP contribution in [0.2, 0.25) is 0 Å². The second-order valence-electron chi connectivity index (χ2n) is 13.1. The number of para-hydroxylation sites is 2. The predicted molar refractivity (Wildman–Crippen MR) is 175 cm³/mol. The van der Waals surface area contributed by atoms with Crippen molar-refractivity contribution < 1.29 is 19.1 Å². The number of hydrogen-bond acceptors (Lipinski definition) is 7. The van der Waals surface area contributed by atoms with Crippen molar-refractivity contribution >= 4 is 28.9 Å². The lowest BCUT2D eigenvalue weighted by Gasteiger charge is -2.38. The highest BCUT2D eigenvalue weighted by Gasteiger charge is 2.24. The standard InChI is InChI=1S/C34H51N5O4/c1-26(25-34(2,3)4)23-32(40)36-27-11-12-29(28(24-27)33(41)35-13-8-14-37-19-21-43-22-20-37)38-15-17-39(18-16-38)30-9-6-7-10-31(30)42-5/h6-7,9-12,24,26H,8,13-23,25H2,1-5H3,(H,35,41)(H,36,40). The zero-order valence-corrected chi connectivity index (χ0v) is 26.8. The lowest BCUT2D eigenvalue weighted by Crippen LogP contribution is -2.47. The quantitative estimate of drug-likeness (QED) is 0.340. The van der Waals surface area contributed by atoms with Crippen LogP contribution in [0.25, 0.3) is 0 Å². The molecule has 2 fully saturated rings. The van der Waals surface area contributed by atoms with Crippen LogP contribution in [-0.2, 0) is 9.53 Å². The van der Waals surface area contributed by atoms with Gasteiger partial charge in [-0.3, -0.25) is 14.5 Å². The van der Waals surface area contributed by atoms with Crippen LogP contribution >= 0.6 is 0 Å². The number of amides is 2. The average Bonchev–Trinajstić information content (AvgIpc) is 2.98. The Morgan fingerprint density at radius 3 is 2.30 bits per heavy atom. The number of hydrogen-bond donors (Lipinski definition) is 2. The van der Waals surface area contributed by atoms with Crippen molar-refractivity contribution in [1.29, 1.82) is 0 Å². The van der Waals surface area contributed by atoms with Crippen LogP contribution in [0.5, 0.6) is 5.75 Å². The second kappa shape index (κ2) is 15.4. The van der Waals surface area contributed by atoms with E-state index in [9.17, 15) is 9.59 Å². The van der Waals surface area contributed by atoms with E-state index in [2.05, 4.69) is 59.1 Å². The van der Waals surface area contributed by atoms with Gasteiger partial charge in [-0.25, -0.2) is 0 Å². The molecule has 2 amide bonds. The Kier molecular flexibility index (Phi) is 11.7. The molecule has 1 atom stereocenters. The van der Waals surface area contributed by atoms with Crippen molar-refractivity contribution in [2.45, 2.75) is 47.0 Å². The number of carbonyl (C=O) groups excluding carboxylic acids is 2. The van der Waals surface area contributed by atoms with Crippen LogP contribution in [0.15, 0.2) is 42.5 Å². The summed E-state index contributed by atoms with van der Waals surface area (Å²) in [5.74, 6) is 1.01. The van der Waals surface area contributed by atoms with E-state index in [1.54, 1.807) is 7.11 Å². The highest BCUT2D eigenvalue weighted by molar-refractivity contribution is 6.02. The van der Waals surface area contributed by atoms with Gasteiger partial charge in [0.15, 0.2) is 0 Å². The number of ether oxygens (including phenoxy) is 2. The first-order valence-electron chi connectivity index (χ1n) is 15.8. The van der Waals surface area contributed by atoms with E-state index >= 15 is 0 Å². The van der Waals surface area contributed by atoms with E-state index in [0.29, 0.717) is 24.2 Å². The molecule has 0 spiro atoms. The fourth-order valence-electron chi connectivity index (χ4n) is 6.22. The van der Waals surface area contributed by atoms with Crippen molar-refractivity contribution in [2.24, 2.45) is 11.3 Å². The summed E-state index contributed by atoms with van der Waals surface area (Å²) in [6, 6.07) is 13.8. The summed E-state index contributed by atoms with van der Waals surface area (Å²) >= 11 is 0. The largest absolute Gasteiger partial charge is 0.495 e. The minimum absolute atomic E-state index is 0.0215. The van der Waals surface area contributed by atoms with Gasteiger partial charge in [0.25, 0.3) is 5.91 Å². The molecule has 2 aromatic carbocycles. The number of nitrogens with zero attached hydrogens (tertiary/aromatic N) is 3. The average molecular weight is 594 g/mol. The molecule has 43 heavy (non-hydrogen) atoms. The third kappa shape index (κ3) is 9.86. The first-order chi connectivity index (χ1) is 20.6. The van der Waals surface area contributed by atoms with Crippen LogP contribution in [0.3, 0.4) is 0 Å². The summed E-state index contributed by atoms with van der Waals surface area (Å²) in [7, 11) is 1.70. The Labute approximate surface area is 257 Å². The van der Waals surface area contributed by atoms with Gasteiger partial charge in [-0.1, -0.05) is 39.8 Å². The molecule has 2 N–H and O–H groups in total. The molecule has 2 heterocycles. The van der Waals surface area contributed by atoms with Crippen molar-refractivity contribution in [3.63, 3.8) is 0 Å². The molecule has 2 aliphatic rings. The summed E-state index contributed by atoms with van der Waals surface area (Å²) in [4.78, 5) is 33.5. The van der Waals surface area contributed by atoms with E-state index in [-0.39, 0.29) is 23.1 Å². The van der Waals surface area contributed by atoms with Crippen LogP contribution in [0.1, 0.15) is 57.3 Å². The Balaban J connectivity index is 1.44. The Bertz CT molecular complexity index is 1200. The fraction of sp³-hybridized carbons (Fsp3) is 0.588. The maximum absolute atomic E-state index is 13.6. The molecule has 236 valence electrons. The lowest BCUT2D eigenvalue weighted by molar-refractivity contribution is -0.117. The molecule has 1 unspecified atom stereocenters. The number of morpholine rings is 1. The van der Waals surface area contributed by atoms with E-state index in [1.165, 1.54) is 0 Å². The maximum atomic E-state index is 13.6. The minimum Gasteiger partial charge on any atom is -0.495 e. The van der Waals surface area contributed by atoms with Crippen LogP contribution in [0.4, 0.5) is 17.1 Å². The van der Waals surface area contributed by atoms with Gasteiger partial charge < -0.3 is 29.9 Å². The minimum atomic E-state index is -0.110. The molecule has 2 aliphatic heterocycles. The van der Waals surface area contributed by atoms with Crippen LogP contribution in [0, 0.1) is 11.3 Å². The zero-order valence-electron chi connectivity index (χ0n) is 26.8. The van der Waals surface area contributed by atoms with Gasteiger partial charge in [-0.2, -0.15) is 0 Å². The highest BCUT2D eigenvalue weighted by atomic mass is 16.5. The molecule has 0 aromatic heterocycles. The first kappa shape index (κ1) is 32.6. The molecule has 9 nitrogen and oxygen atoms in total. The van der Waals surface area contributed by atoms with E-state index in [0.717, 1.165) is 89.0 Å². The second-order valence-corrected chi connectivity index (χ2v) is 13.1. The summed E-state index contributed by atoms with van der Waals surface area (Å²) in [5, 5.41) is 6.20. The Morgan fingerprint density at radius 2 is 1.63 bits per heavy atom. The van der Waals surface area contributed by atoms with Crippen LogP contribution in [-0.4, -0.2) is 89.4 Å².